The number of benzene rings is 1. The highest BCUT2D eigenvalue weighted by molar-refractivity contribution is 7.08. The second-order valence-corrected chi connectivity index (χ2v) is 4.98. The monoisotopic (exact) mass is 247 g/mol. The minimum Gasteiger partial charge on any atom is -0.496 e. The van der Waals surface area contributed by atoms with Gasteiger partial charge in [-0.05, 0) is 41.8 Å². The lowest BCUT2D eigenvalue weighted by atomic mass is 9.97. The van der Waals surface area contributed by atoms with Crippen LogP contribution in [0.25, 0.3) is 0 Å². The summed E-state index contributed by atoms with van der Waals surface area (Å²) in [6, 6.07) is 6.00. The fraction of sp³-hybridized carbons (Fsp3) is 0.286. The number of hydrogen-bond acceptors (Lipinski definition) is 3. The van der Waals surface area contributed by atoms with E-state index in [9.17, 15) is 0 Å². The number of rotatable bonds is 3. The van der Waals surface area contributed by atoms with E-state index in [2.05, 4.69) is 30.7 Å². The molecule has 90 valence electrons. The van der Waals surface area contributed by atoms with Crippen molar-refractivity contribution in [3.8, 4) is 5.75 Å². The van der Waals surface area contributed by atoms with E-state index < -0.39 is 0 Å². The molecule has 0 saturated carbocycles. The van der Waals surface area contributed by atoms with Crippen LogP contribution in [0.1, 0.15) is 28.3 Å². The molecule has 2 nitrogen and oxygen atoms in total. The van der Waals surface area contributed by atoms with E-state index in [1.54, 1.807) is 18.4 Å². The van der Waals surface area contributed by atoms with Gasteiger partial charge in [0.25, 0.3) is 0 Å². The summed E-state index contributed by atoms with van der Waals surface area (Å²) < 4.78 is 5.38. The van der Waals surface area contributed by atoms with Gasteiger partial charge in [0.05, 0.1) is 13.2 Å². The van der Waals surface area contributed by atoms with E-state index in [1.165, 1.54) is 16.7 Å². The van der Waals surface area contributed by atoms with Crippen molar-refractivity contribution in [3.05, 3.63) is 51.2 Å². The largest absolute Gasteiger partial charge is 0.496 e. The first-order valence-electron chi connectivity index (χ1n) is 5.56. The van der Waals surface area contributed by atoms with Crippen molar-refractivity contribution in [1.82, 2.24) is 0 Å². The Kier molecular flexibility index (Phi) is 3.50. The highest BCUT2D eigenvalue weighted by Gasteiger charge is 2.16. The Hall–Kier alpha value is -1.32. The van der Waals surface area contributed by atoms with Crippen LogP contribution in [0.15, 0.2) is 29.0 Å². The normalized spacial score (nSPS) is 12.5. The van der Waals surface area contributed by atoms with Crippen LogP contribution in [0.4, 0.5) is 0 Å². The summed E-state index contributed by atoms with van der Waals surface area (Å²) in [6.45, 7) is 4.16. The van der Waals surface area contributed by atoms with Gasteiger partial charge in [0, 0.05) is 5.56 Å². The molecule has 1 aromatic heterocycles. The van der Waals surface area contributed by atoms with Gasteiger partial charge in [-0.2, -0.15) is 11.3 Å². The minimum absolute atomic E-state index is 0.115. The van der Waals surface area contributed by atoms with E-state index in [-0.39, 0.29) is 6.04 Å². The van der Waals surface area contributed by atoms with Gasteiger partial charge in [-0.15, -0.1) is 0 Å². The van der Waals surface area contributed by atoms with Gasteiger partial charge in [0.15, 0.2) is 0 Å². The van der Waals surface area contributed by atoms with Gasteiger partial charge < -0.3 is 10.5 Å². The van der Waals surface area contributed by atoms with Crippen molar-refractivity contribution in [2.24, 2.45) is 5.73 Å². The molecule has 0 bridgehead atoms. The average Bonchev–Trinajstić information content (AvgIpc) is 2.74. The number of methoxy groups -OCH3 is 1. The molecular formula is C14H17NOS. The second-order valence-electron chi connectivity index (χ2n) is 4.23. The van der Waals surface area contributed by atoms with Crippen LogP contribution in [0, 0.1) is 13.8 Å². The lowest BCUT2D eigenvalue weighted by Gasteiger charge is -2.16. The molecule has 0 aliphatic heterocycles. The van der Waals surface area contributed by atoms with Gasteiger partial charge in [0.1, 0.15) is 5.75 Å². The first kappa shape index (κ1) is 12.1. The molecule has 3 heteroatoms. The highest BCUT2D eigenvalue weighted by Crippen LogP contribution is 2.31. The van der Waals surface area contributed by atoms with Crippen molar-refractivity contribution in [2.75, 3.05) is 7.11 Å². The van der Waals surface area contributed by atoms with Crippen LogP contribution in [0.2, 0.25) is 0 Å². The maximum absolute atomic E-state index is 6.33. The molecule has 1 unspecified atom stereocenters. The topological polar surface area (TPSA) is 35.2 Å². The minimum atomic E-state index is -0.115. The Balaban J connectivity index is 2.46. The predicted octanol–water partition coefficient (Wildman–Crippen LogP) is 3.42. The number of aryl methyl sites for hydroxylation is 2. The molecule has 2 N–H and O–H groups in total. The van der Waals surface area contributed by atoms with Crippen molar-refractivity contribution in [2.45, 2.75) is 19.9 Å². The molecule has 0 aliphatic rings. The third kappa shape index (κ3) is 2.35. The van der Waals surface area contributed by atoms with E-state index in [4.69, 9.17) is 10.5 Å². The SMILES string of the molecule is COc1ccc(C)cc1C(N)c1cscc1C. The fourth-order valence-electron chi connectivity index (χ4n) is 1.95. The fourth-order valence-corrected chi connectivity index (χ4v) is 2.84. The predicted molar refractivity (Wildman–Crippen MR) is 72.8 cm³/mol. The molecule has 0 amide bonds. The summed E-state index contributed by atoms with van der Waals surface area (Å²) >= 11 is 1.69. The lowest BCUT2D eigenvalue weighted by molar-refractivity contribution is 0.407. The molecular weight excluding hydrogens is 230 g/mol. The van der Waals surface area contributed by atoms with E-state index >= 15 is 0 Å². The van der Waals surface area contributed by atoms with Gasteiger partial charge in [-0.3, -0.25) is 0 Å². The molecule has 2 aromatic rings. The zero-order valence-corrected chi connectivity index (χ0v) is 11.2. The Bertz CT molecular complexity index is 519. The van der Waals surface area contributed by atoms with Crippen molar-refractivity contribution in [1.29, 1.82) is 0 Å². The highest BCUT2D eigenvalue weighted by atomic mass is 32.1. The quantitative estimate of drug-likeness (QED) is 0.902. The molecule has 0 fully saturated rings. The van der Waals surface area contributed by atoms with Crippen LogP contribution in [-0.4, -0.2) is 7.11 Å². The Labute approximate surface area is 106 Å². The summed E-state index contributed by atoms with van der Waals surface area (Å²) in [7, 11) is 1.68. The van der Waals surface area contributed by atoms with Crippen LogP contribution < -0.4 is 10.5 Å². The second kappa shape index (κ2) is 4.90. The number of nitrogens with two attached hydrogens (primary N) is 1. The molecule has 2 rings (SSSR count). The summed E-state index contributed by atoms with van der Waals surface area (Å²) in [4.78, 5) is 0. The van der Waals surface area contributed by atoms with Crippen LogP contribution in [0.5, 0.6) is 5.75 Å². The Morgan fingerprint density at radius 2 is 1.94 bits per heavy atom. The van der Waals surface area contributed by atoms with Gasteiger partial charge in [-0.25, -0.2) is 0 Å². The summed E-state index contributed by atoms with van der Waals surface area (Å²) in [6.07, 6.45) is 0. The van der Waals surface area contributed by atoms with Crippen molar-refractivity contribution >= 4 is 11.3 Å². The van der Waals surface area contributed by atoms with Gasteiger partial charge in [-0.1, -0.05) is 17.7 Å². The summed E-state index contributed by atoms with van der Waals surface area (Å²) in [5.41, 5.74) is 11.0. The zero-order chi connectivity index (χ0) is 12.4. The molecule has 1 atom stereocenters. The lowest BCUT2D eigenvalue weighted by Crippen LogP contribution is -2.13. The average molecular weight is 247 g/mol. The van der Waals surface area contributed by atoms with E-state index in [1.807, 2.05) is 12.1 Å². The van der Waals surface area contributed by atoms with Crippen molar-refractivity contribution < 1.29 is 4.74 Å². The molecule has 0 spiro atoms. The van der Waals surface area contributed by atoms with E-state index in [0.29, 0.717) is 0 Å². The zero-order valence-electron chi connectivity index (χ0n) is 10.4. The maximum Gasteiger partial charge on any atom is 0.123 e. The smallest absolute Gasteiger partial charge is 0.123 e. The summed E-state index contributed by atoms with van der Waals surface area (Å²) in [5.74, 6) is 0.855. The molecule has 17 heavy (non-hydrogen) atoms. The Morgan fingerprint density at radius 1 is 1.18 bits per heavy atom. The number of hydrogen-bond donors (Lipinski definition) is 1. The van der Waals surface area contributed by atoms with Gasteiger partial charge in [0.2, 0.25) is 0 Å². The Morgan fingerprint density at radius 3 is 2.53 bits per heavy atom. The molecule has 0 radical (unpaired) electrons. The molecule has 0 saturated heterocycles. The molecule has 0 aliphatic carbocycles. The maximum atomic E-state index is 6.33. The van der Waals surface area contributed by atoms with E-state index in [0.717, 1.165) is 11.3 Å². The summed E-state index contributed by atoms with van der Waals surface area (Å²) in [5, 5.41) is 4.24. The van der Waals surface area contributed by atoms with Crippen LogP contribution >= 0.6 is 11.3 Å². The number of ether oxygens (including phenoxy) is 1. The molecule has 1 heterocycles. The third-order valence-corrected chi connectivity index (χ3v) is 3.83. The van der Waals surface area contributed by atoms with Crippen LogP contribution in [0.3, 0.4) is 0 Å². The number of thiophene rings is 1. The third-order valence-electron chi connectivity index (χ3n) is 2.95. The first-order valence-corrected chi connectivity index (χ1v) is 6.50. The first-order chi connectivity index (χ1) is 8.13. The standard InChI is InChI=1S/C14H17NOS/c1-9-4-5-13(16-3)11(6-9)14(15)12-8-17-7-10(12)2/h4-8,14H,15H2,1-3H3. The van der Waals surface area contributed by atoms with Gasteiger partial charge >= 0.3 is 0 Å². The van der Waals surface area contributed by atoms with Crippen molar-refractivity contribution in [3.63, 3.8) is 0 Å². The van der Waals surface area contributed by atoms with Crippen LogP contribution in [-0.2, 0) is 0 Å². The molecule has 1 aromatic carbocycles.